The van der Waals surface area contributed by atoms with Crippen molar-refractivity contribution in [3.8, 4) is 0 Å². The van der Waals surface area contributed by atoms with E-state index < -0.39 is 11.9 Å². The molecule has 1 aliphatic heterocycles. The van der Waals surface area contributed by atoms with Crippen LogP contribution in [0.2, 0.25) is 0 Å². The number of anilines is 1. The van der Waals surface area contributed by atoms with Gasteiger partial charge in [-0.3, -0.25) is 9.59 Å². The summed E-state index contributed by atoms with van der Waals surface area (Å²) in [4.78, 5) is 23.6. The van der Waals surface area contributed by atoms with E-state index in [1.54, 1.807) is 18.2 Å². The summed E-state index contributed by atoms with van der Waals surface area (Å²) < 4.78 is 0.748. The second kappa shape index (κ2) is 4.37. The van der Waals surface area contributed by atoms with Crippen molar-refractivity contribution in [3.63, 3.8) is 0 Å². The number of carboxylic acids is 1. The molecule has 3 N–H and O–H groups in total. The summed E-state index contributed by atoms with van der Waals surface area (Å²) in [6.45, 7) is 0.980. The molecule has 1 heterocycles. The van der Waals surface area contributed by atoms with Gasteiger partial charge in [0.05, 0.1) is 11.6 Å². The number of nitrogens with two attached hydrogens (primary N) is 1. The minimum Gasteiger partial charge on any atom is -0.481 e. The van der Waals surface area contributed by atoms with Gasteiger partial charge in [0.1, 0.15) is 0 Å². The van der Waals surface area contributed by atoms with Crippen LogP contribution in [0.4, 0.5) is 5.69 Å². The van der Waals surface area contributed by atoms with Crippen molar-refractivity contribution in [2.24, 2.45) is 11.7 Å². The molecule has 1 aromatic rings. The van der Waals surface area contributed by atoms with Gasteiger partial charge in [-0.1, -0.05) is 0 Å². The Bertz CT molecular complexity index is 484. The lowest BCUT2D eigenvalue weighted by molar-refractivity contribution is -0.142. The molecule has 90 valence electrons. The number of primary amides is 1. The van der Waals surface area contributed by atoms with Gasteiger partial charge in [0.15, 0.2) is 0 Å². The van der Waals surface area contributed by atoms with Gasteiger partial charge >= 0.3 is 5.97 Å². The molecule has 17 heavy (non-hydrogen) atoms. The fraction of sp³-hybridized carbons (Fsp3) is 0.273. The number of nitrogens with zero attached hydrogens (tertiary/aromatic N) is 1. The van der Waals surface area contributed by atoms with E-state index in [1.807, 2.05) is 4.90 Å². The minimum absolute atomic E-state index is 0.308. The van der Waals surface area contributed by atoms with Crippen LogP contribution in [0.15, 0.2) is 22.7 Å². The molecule has 1 fully saturated rings. The van der Waals surface area contributed by atoms with Crippen molar-refractivity contribution < 1.29 is 14.7 Å². The molecule has 0 radical (unpaired) electrons. The normalized spacial score (nSPS) is 15.5. The molecule has 0 spiro atoms. The lowest BCUT2D eigenvalue weighted by Gasteiger charge is -2.39. The first-order chi connectivity index (χ1) is 7.99. The second-order valence-corrected chi connectivity index (χ2v) is 4.82. The Balaban J connectivity index is 2.14. The quantitative estimate of drug-likeness (QED) is 0.874. The van der Waals surface area contributed by atoms with Crippen LogP contribution < -0.4 is 10.6 Å². The first-order valence-corrected chi connectivity index (χ1v) is 5.85. The molecular formula is C11H11BrN2O3. The molecule has 0 bridgehead atoms. The number of rotatable bonds is 3. The van der Waals surface area contributed by atoms with E-state index in [-0.39, 0.29) is 5.92 Å². The predicted molar refractivity (Wildman–Crippen MR) is 66.0 cm³/mol. The molecule has 1 aliphatic rings. The number of carbonyl (C=O) groups is 2. The number of hydrogen-bond donors (Lipinski definition) is 2. The summed E-state index contributed by atoms with van der Waals surface area (Å²) >= 11 is 3.35. The van der Waals surface area contributed by atoms with Crippen molar-refractivity contribution in [3.05, 3.63) is 28.2 Å². The number of amides is 1. The summed E-state index contributed by atoms with van der Waals surface area (Å²) in [6, 6.07) is 5.05. The molecule has 1 saturated heterocycles. The van der Waals surface area contributed by atoms with Crippen molar-refractivity contribution in [2.45, 2.75) is 0 Å². The maximum absolute atomic E-state index is 11.0. The van der Waals surface area contributed by atoms with E-state index in [2.05, 4.69) is 15.9 Å². The Morgan fingerprint density at radius 3 is 2.53 bits per heavy atom. The molecule has 0 aromatic heterocycles. The number of aliphatic carboxylic acids is 1. The maximum atomic E-state index is 11.0. The largest absolute Gasteiger partial charge is 0.481 e. The summed E-state index contributed by atoms with van der Waals surface area (Å²) in [5, 5.41) is 8.78. The SMILES string of the molecule is NC(=O)c1ccc(N2CC(C(=O)O)C2)c(Br)c1. The average Bonchev–Trinajstić information content (AvgIpc) is 2.17. The van der Waals surface area contributed by atoms with Crippen molar-refractivity contribution in [2.75, 3.05) is 18.0 Å². The summed E-state index contributed by atoms with van der Waals surface area (Å²) in [5.41, 5.74) is 6.47. The zero-order valence-electron chi connectivity index (χ0n) is 8.89. The topological polar surface area (TPSA) is 83.6 Å². The predicted octanol–water partition coefficient (Wildman–Crippen LogP) is 1.07. The van der Waals surface area contributed by atoms with Gasteiger partial charge in [-0.15, -0.1) is 0 Å². The summed E-state index contributed by atoms with van der Waals surface area (Å²) in [6.07, 6.45) is 0. The fourth-order valence-corrected chi connectivity index (χ4v) is 2.38. The second-order valence-electron chi connectivity index (χ2n) is 3.97. The van der Waals surface area contributed by atoms with Gasteiger partial charge in [-0.25, -0.2) is 0 Å². The third-order valence-electron chi connectivity index (χ3n) is 2.80. The molecule has 1 aromatic carbocycles. The fourth-order valence-electron chi connectivity index (χ4n) is 1.75. The van der Waals surface area contributed by atoms with E-state index in [9.17, 15) is 9.59 Å². The molecule has 0 unspecified atom stereocenters. The van der Waals surface area contributed by atoms with Crippen LogP contribution in [-0.2, 0) is 4.79 Å². The van der Waals surface area contributed by atoms with Crippen molar-refractivity contribution >= 4 is 33.5 Å². The standard InChI is InChI=1S/C11H11BrN2O3/c12-8-3-6(10(13)15)1-2-9(8)14-4-7(5-14)11(16)17/h1-3,7H,4-5H2,(H2,13,15)(H,16,17). The molecule has 6 heteroatoms. The van der Waals surface area contributed by atoms with Crippen LogP contribution in [0.25, 0.3) is 0 Å². The van der Waals surface area contributed by atoms with Crippen LogP contribution in [-0.4, -0.2) is 30.1 Å². The first-order valence-electron chi connectivity index (χ1n) is 5.06. The Hall–Kier alpha value is -1.56. The summed E-state index contributed by atoms with van der Waals surface area (Å²) in [7, 11) is 0. The molecular weight excluding hydrogens is 288 g/mol. The highest BCUT2D eigenvalue weighted by Crippen LogP contribution is 2.32. The van der Waals surface area contributed by atoms with E-state index in [0.717, 1.165) is 10.2 Å². The monoisotopic (exact) mass is 298 g/mol. The molecule has 0 saturated carbocycles. The first kappa shape index (κ1) is 11.9. The van der Waals surface area contributed by atoms with Crippen molar-refractivity contribution in [1.82, 2.24) is 0 Å². The average molecular weight is 299 g/mol. The van der Waals surface area contributed by atoms with Crippen LogP contribution in [0.5, 0.6) is 0 Å². The third kappa shape index (κ3) is 2.26. The van der Waals surface area contributed by atoms with Crippen LogP contribution in [0.3, 0.4) is 0 Å². The number of benzene rings is 1. The number of carbonyl (C=O) groups excluding carboxylic acids is 1. The van der Waals surface area contributed by atoms with Crippen LogP contribution in [0, 0.1) is 5.92 Å². The Kier molecular flexibility index (Phi) is 3.06. The van der Waals surface area contributed by atoms with Gasteiger partial charge in [0.25, 0.3) is 0 Å². The van der Waals surface area contributed by atoms with Gasteiger partial charge in [-0.2, -0.15) is 0 Å². The number of hydrogen-bond acceptors (Lipinski definition) is 3. The molecule has 0 atom stereocenters. The summed E-state index contributed by atoms with van der Waals surface area (Å²) in [5.74, 6) is -1.56. The highest BCUT2D eigenvalue weighted by Gasteiger charge is 2.33. The lowest BCUT2D eigenvalue weighted by atomic mass is 9.99. The lowest BCUT2D eigenvalue weighted by Crippen LogP contribution is -2.50. The maximum Gasteiger partial charge on any atom is 0.310 e. The Labute approximate surface area is 106 Å². The van der Waals surface area contributed by atoms with Gasteiger partial charge < -0.3 is 15.7 Å². The highest BCUT2D eigenvalue weighted by atomic mass is 79.9. The zero-order valence-corrected chi connectivity index (χ0v) is 10.5. The van der Waals surface area contributed by atoms with E-state index in [0.29, 0.717) is 18.7 Å². The molecule has 5 nitrogen and oxygen atoms in total. The number of halogens is 1. The van der Waals surface area contributed by atoms with Crippen LogP contribution >= 0.6 is 15.9 Å². The van der Waals surface area contributed by atoms with E-state index >= 15 is 0 Å². The van der Waals surface area contributed by atoms with Gasteiger partial charge in [0, 0.05) is 23.1 Å². The Morgan fingerprint density at radius 2 is 2.06 bits per heavy atom. The molecule has 2 rings (SSSR count). The van der Waals surface area contributed by atoms with E-state index in [1.165, 1.54) is 0 Å². The van der Waals surface area contributed by atoms with Gasteiger partial charge in [-0.05, 0) is 34.1 Å². The van der Waals surface area contributed by atoms with E-state index in [4.69, 9.17) is 10.8 Å². The molecule has 0 aliphatic carbocycles. The zero-order chi connectivity index (χ0) is 12.6. The smallest absolute Gasteiger partial charge is 0.310 e. The number of carboxylic acid groups (broad SMARTS) is 1. The van der Waals surface area contributed by atoms with Crippen molar-refractivity contribution in [1.29, 1.82) is 0 Å². The Morgan fingerprint density at radius 1 is 1.41 bits per heavy atom. The minimum atomic E-state index is -0.772. The third-order valence-corrected chi connectivity index (χ3v) is 3.44. The highest BCUT2D eigenvalue weighted by molar-refractivity contribution is 9.10. The molecule has 1 amide bonds. The van der Waals surface area contributed by atoms with Gasteiger partial charge in [0.2, 0.25) is 5.91 Å². The van der Waals surface area contributed by atoms with Crippen LogP contribution in [0.1, 0.15) is 10.4 Å².